The summed E-state index contributed by atoms with van der Waals surface area (Å²) in [5, 5.41) is 15.1. The number of aliphatic carboxylic acids is 1. The minimum Gasteiger partial charge on any atom is -0.480 e. The van der Waals surface area contributed by atoms with Crippen LogP contribution in [0, 0.1) is 0 Å². The number of primary amides is 1. The highest BCUT2D eigenvalue weighted by atomic mass is 16.4. The van der Waals surface area contributed by atoms with Crippen molar-refractivity contribution in [2.45, 2.75) is 19.4 Å². The van der Waals surface area contributed by atoms with Crippen molar-refractivity contribution in [3.05, 3.63) is 0 Å². The van der Waals surface area contributed by atoms with Crippen molar-refractivity contribution >= 4 is 29.6 Å². The number of carboxylic acid groups (broad SMARTS) is 1. The number of nitrogens with two attached hydrogens (primary N) is 1. The Bertz CT molecular complexity index is 422. The average molecular weight is 288 g/mol. The molecule has 0 bridgehead atoms. The van der Waals surface area contributed by atoms with E-state index < -0.39 is 48.6 Å². The predicted octanol–water partition coefficient (Wildman–Crippen LogP) is -3.32. The lowest BCUT2D eigenvalue weighted by Crippen LogP contribution is -2.48. The molecule has 0 aliphatic heterocycles. The second kappa shape index (κ2) is 8.45. The van der Waals surface area contributed by atoms with Gasteiger partial charge in [0.15, 0.2) is 0 Å². The van der Waals surface area contributed by atoms with E-state index in [0.717, 1.165) is 0 Å². The Morgan fingerprint density at radius 1 is 1.05 bits per heavy atom. The van der Waals surface area contributed by atoms with E-state index in [9.17, 15) is 24.0 Å². The molecule has 0 saturated heterocycles. The summed E-state index contributed by atoms with van der Waals surface area (Å²) in [6.45, 7) is 0.439. The van der Waals surface area contributed by atoms with Gasteiger partial charge >= 0.3 is 5.97 Å². The molecule has 4 amide bonds. The monoisotopic (exact) mass is 288 g/mol. The van der Waals surface area contributed by atoms with Crippen molar-refractivity contribution in [1.82, 2.24) is 16.0 Å². The second-order valence-electron chi connectivity index (χ2n) is 3.82. The van der Waals surface area contributed by atoms with E-state index in [1.165, 1.54) is 6.92 Å². The van der Waals surface area contributed by atoms with Gasteiger partial charge in [-0.05, 0) is 0 Å². The van der Waals surface area contributed by atoms with Crippen molar-refractivity contribution < 1.29 is 29.1 Å². The summed E-state index contributed by atoms with van der Waals surface area (Å²) in [5.41, 5.74) is 4.83. The van der Waals surface area contributed by atoms with Gasteiger partial charge in [-0.15, -0.1) is 0 Å². The number of carbonyl (C=O) groups is 5. The molecular formula is C10H16N4O6. The van der Waals surface area contributed by atoms with Crippen LogP contribution >= 0.6 is 0 Å². The van der Waals surface area contributed by atoms with Crippen molar-refractivity contribution in [3.63, 3.8) is 0 Å². The van der Waals surface area contributed by atoms with Gasteiger partial charge in [-0.2, -0.15) is 0 Å². The molecule has 20 heavy (non-hydrogen) atoms. The summed E-state index contributed by atoms with van der Waals surface area (Å²) >= 11 is 0. The summed E-state index contributed by atoms with van der Waals surface area (Å²) in [5.74, 6) is -4.11. The quantitative estimate of drug-likeness (QED) is 0.313. The highest BCUT2D eigenvalue weighted by molar-refractivity contribution is 5.91. The number of hydrogen-bond donors (Lipinski definition) is 5. The van der Waals surface area contributed by atoms with Gasteiger partial charge in [0.25, 0.3) is 0 Å². The molecule has 0 aromatic heterocycles. The standard InChI is InChI=1S/C10H16N4O6/c1-5(15)12-3-8(17)13-4-9(18)14-6(10(19)20)2-7(11)16/h6H,2-4H2,1H3,(H2,11,16)(H,12,15)(H,13,17)(H,14,18)(H,19,20). The van der Waals surface area contributed by atoms with Gasteiger partial charge in [0, 0.05) is 6.92 Å². The fraction of sp³-hybridized carbons (Fsp3) is 0.500. The molecule has 0 fully saturated rings. The van der Waals surface area contributed by atoms with Gasteiger partial charge in [-0.3, -0.25) is 19.2 Å². The fourth-order valence-corrected chi connectivity index (χ4v) is 1.09. The molecule has 0 aromatic rings. The topological polar surface area (TPSA) is 168 Å². The fourth-order valence-electron chi connectivity index (χ4n) is 1.09. The molecular weight excluding hydrogens is 272 g/mol. The van der Waals surface area contributed by atoms with Crippen LogP contribution in [0.15, 0.2) is 0 Å². The molecule has 112 valence electrons. The first-order chi connectivity index (χ1) is 9.22. The van der Waals surface area contributed by atoms with Crippen LogP contribution in [0.2, 0.25) is 0 Å². The Kier molecular flexibility index (Phi) is 7.33. The zero-order chi connectivity index (χ0) is 15.7. The third-order valence-corrected chi connectivity index (χ3v) is 1.98. The maximum absolute atomic E-state index is 11.4. The first-order valence-electron chi connectivity index (χ1n) is 5.54. The molecule has 0 saturated carbocycles. The number of carboxylic acids is 1. The lowest BCUT2D eigenvalue weighted by molar-refractivity contribution is -0.143. The minimum atomic E-state index is -1.45. The van der Waals surface area contributed by atoms with Crippen molar-refractivity contribution in [2.75, 3.05) is 13.1 Å². The number of amides is 4. The molecule has 1 atom stereocenters. The first-order valence-corrected chi connectivity index (χ1v) is 5.54. The molecule has 1 unspecified atom stereocenters. The molecule has 0 aromatic carbocycles. The van der Waals surface area contributed by atoms with E-state index in [2.05, 4.69) is 10.6 Å². The summed E-state index contributed by atoms with van der Waals surface area (Å²) in [4.78, 5) is 54.4. The van der Waals surface area contributed by atoms with Crippen LogP contribution in [-0.2, 0) is 24.0 Å². The summed E-state index contributed by atoms with van der Waals surface area (Å²) in [6, 6.07) is -1.45. The van der Waals surface area contributed by atoms with E-state index in [-0.39, 0.29) is 6.54 Å². The van der Waals surface area contributed by atoms with Crippen LogP contribution in [0.3, 0.4) is 0 Å². The molecule has 10 nitrogen and oxygen atoms in total. The SMILES string of the molecule is CC(=O)NCC(=O)NCC(=O)NC(CC(N)=O)C(=O)O. The lowest BCUT2D eigenvalue weighted by Gasteiger charge is -2.13. The first kappa shape index (κ1) is 17.4. The van der Waals surface area contributed by atoms with Crippen LogP contribution < -0.4 is 21.7 Å². The molecule has 0 aliphatic rings. The smallest absolute Gasteiger partial charge is 0.326 e. The summed E-state index contributed by atoms with van der Waals surface area (Å²) in [7, 11) is 0. The molecule has 6 N–H and O–H groups in total. The highest BCUT2D eigenvalue weighted by Gasteiger charge is 2.22. The molecule has 0 heterocycles. The van der Waals surface area contributed by atoms with Gasteiger partial charge in [-0.1, -0.05) is 0 Å². The van der Waals surface area contributed by atoms with E-state index in [4.69, 9.17) is 10.8 Å². The third-order valence-electron chi connectivity index (χ3n) is 1.98. The lowest BCUT2D eigenvalue weighted by atomic mass is 10.2. The highest BCUT2D eigenvalue weighted by Crippen LogP contribution is 1.91. The van der Waals surface area contributed by atoms with E-state index in [1.807, 2.05) is 5.32 Å². The molecule has 0 rings (SSSR count). The van der Waals surface area contributed by atoms with Gasteiger partial charge in [0.1, 0.15) is 6.04 Å². The summed E-state index contributed by atoms with van der Waals surface area (Å²) < 4.78 is 0. The Labute approximate surface area is 114 Å². The number of hydrogen-bond acceptors (Lipinski definition) is 5. The molecule has 0 aliphatic carbocycles. The third kappa shape index (κ3) is 8.44. The van der Waals surface area contributed by atoms with Crippen LogP contribution in [0.1, 0.15) is 13.3 Å². The van der Waals surface area contributed by atoms with Gasteiger partial charge in [0.05, 0.1) is 19.5 Å². The maximum Gasteiger partial charge on any atom is 0.326 e. The largest absolute Gasteiger partial charge is 0.480 e. The number of carbonyl (C=O) groups excluding carboxylic acids is 4. The Balaban J connectivity index is 4.13. The molecule has 10 heteroatoms. The zero-order valence-corrected chi connectivity index (χ0v) is 10.8. The number of nitrogens with one attached hydrogen (secondary N) is 3. The summed E-state index contributed by atoms with van der Waals surface area (Å²) in [6.07, 6.45) is -0.555. The predicted molar refractivity (Wildman–Crippen MR) is 65.1 cm³/mol. The Hall–Kier alpha value is -2.65. The van der Waals surface area contributed by atoms with Crippen molar-refractivity contribution in [1.29, 1.82) is 0 Å². The molecule has 0 spiro atoms. The van der Waals surface area contributed by atoms with Crippen LogP contribution in [0.25, 0.3) is 0 Å². The van der Waals surface area contributed by atoms with Gasteiger partial charge < -0.3 is 26.8 Å². The van der Waals surface area contributed by atoms with E-state index in [1.54, 1.807) is 0 Å². The van der Waals surface area contributed by atoms with Crippen molar-refractivity contribution in [3.8, 4) is 0 Å². The van der Waals surface area contributed by atoms with Crippen LogP contribution in [-0.4, -0.2) is 53.8 Å². The van der Waals surface area contributed by atoms with Crippen LogP contribution in [0.4, 0.5) is 0 Å². The average Bonchev–Trinajstić information content (AvgIpc) is 2.32. The second-order valence-corrected chi connectivity index (χ2v) is 3.82. The molecule has 0 radical (unpaired) electrons. The maximum atomic E-state index is 11.4. The zero-order valence-electron chi connectivity index (χ0n) is 10.8. The Morgan fingerprint density at radius 3 is 2.05 bits per heavy atom. The number of rotatable bonds is 8. The van der Waals surface area contributed by atoms with Gasteiger partial charge in [0.2, 0.25) is 23.6 Å². The normalized spacial score (nSPS) is 11.1. The van der Waals surface area contributed by atoms with E-state index >= 15 is 0 Å². The minimum absolute atomic E-state index is 0.299. The van der Waals surface area contributed by atoms with Crippen molar-refractivity contribution in [2.24, 2.45) is 5.73 Å². The Morgan fingerprint density at radius 2 is 1.60 bits per heavy atom. The van der Waals surface area contributed by atoms with Crippen LogP contribution in [0.5, 0.6) is 0 Å². The van der Waals surface area contributed by atoms with Gasteiger partial charge in [-0.25, -0.2) is 4.79 Å². The van der Waals surface area contributed by atoms with E-state index in [0.29, 0.717) is 0 Å².